The smallest absolute Gasteiger partial charge is 0.244 e. The molecular formula is C14H22N2O4S. The summed E-state index contributed by atoms with van der Waals surface area (Å²) in [5, 5.41) is 0. The van der Waals surface area contributed by atoms with Crippen LogP contribution in [0.2, 0.25) is 0 Å². The lowest BCUT2D eigenvalue weighted by Gasteiger charge is -2.35. The van der Waals surface area contributed by atoms with Crippen molar-refractivity contribution in [2.75, 3.05) is 19.5 Å². The number of nitrogen functional groups attached to an aromatic ring is 1. The van der Waals surface area contributed by atoms with Crippen LogP contribution in [0.15, 0.2) is 23.1 Å². The van der Waals surface area contributed by atoms with Crippen molar-refractivity contribution in [1.29, 1.82) is 0 Å². The van der Waals surface area contributed by atoms with Gasteiger partial charge in [-0.05, 0) is 44.9 Å². The first-order chi connectivity index (χ1) is 9.73. The van der Waals surface area contributed by atoms with E-state index in [1.165, 1.54) is 13.2 Å². The highest BCUT2D eigenvalue weighted by atomic mass is 32.2. The van der Waals surface area contributed by atoms with Gasteiger partial charge in [-0.3, -0.25) is 0 Å². The van der Waals surface area contributed by atoms with Crippen LogP contribution in [0.3, 0.4) is 0 Å². The van der Waals surface area contributed by atoms with E-state index in [0.717, 1.165) is 0 Å². The number of anilines is 1. The zero-order valence-corrected chi connectivity index (χ0v) is 13.4. The van der Waals surface area contributed by atoms with Crippen LogP contribution in [-0.2, 0) is 14.8 Å². The summed E-state index contributed by atoms with van der Waals surface area (Å²) in [5.41, 5.74) is 5.74. The van der Waals surface area contributed by atoms with E-state index in [0.29, 0.717) is 25.1 Å². The molecule has 0 bridgehead atoms. The zero-order valence-electron chi connectivity index (χ0n) is 12.5. The average Bonchev–Trinajstić information content (AvgIpc) is 2.37. The van der Waals surface area contributed by atoms with Crippen molar-refractivity contribution >= 4 is 15.7 Å². The Morgan fingerprint density at radius 1 is 1.43 bits per heavy atom. The standard InChI is InChI=1S/C14H22N2O4S/c1-14(2)9-11(6-7-20-14)16-21(17,18)13-8-10(15)4-5-12(13)19-3/h4-5,8,11,16H,6-7,9,15H2,1-3H3. The number of hydrogen-bond acceptors (Lipinski definition) is 5. The van der Waals surface area contributed by atoms with Crippen LogP contribution in [-0.4, -0.2) is 33.8 Å². The van der Waals surface area contributed by atoms with Crippen LogP contribution in [0, 0.1) is 0 Å². The zero-order chi connectivity index (χ0) is 15.7. The highest BCUT2D eigenvalue weighted by Crippen LogP contribution is 2.29. The molecule has 0 aliphatic carbocycles. The number of nitrogens with one attached hydrogen (secondary N) is 1. The second-order valence-corrected chi connectivity index (χ2v) is 7.51. The minimum absolute atomic E-state index is 0.0642. The maximum absolute atomic E-state index is 12.6. The number of ether oxygens (including phenoxy) is 2. The van der Waals surface area contributed by atoms with Crippen molar-refractivity contribution < 1.29 is 17.9 Å². The predicted octanol–water partition coefficient (Wildman–Crippen LogP) is 1.51. The normalized spacial score (nSPS) is 22.0. The summed E-state index contributed by atoms with van der Waals surface area (Å²) in [5.74, 6) is 0.281. The number of rotatable bonds is 4. The van der Waals surface area contributed by atoms with E-state index in [2.05, 4.69) is 4.72 Å². The maximum atomic E-state index is 12.6. The number of nitrogens with two attached hydrogens (primary N) is 1. The summed E-state index contributed by atoms with van der Waals surface area (Å²) in [6, 6.07) is 4.41. The van der Waals surface area contributed by atoms with Gasteiger partial charge in [-0.1, -0.05) is 0 Å². The van der Waals surface area contributed by atoms with Crippen LogP contribution in [0.25, 0.3) is 0 Å². The fourth-order valence-electron chi connectivity index (χ4n) is 2.52. The van der Waals surface area contributed by atoms with Gasteiger partial charge in [-0.2, -0.15) is 0 Å². The van der Waals surface area contributed by atoms with Gasteiger partial charge in [0.15, 0.2) is 0 Å². The number of methoxy groups -OCH3 is 1. The van der Waals surface area contributed by atoms with Gasteiger partial charge in [0.25, 0.3) is 0 Å². The van der Waals surface area contributed by atoms with Gasteiger partial charge in [0, 0.05) is 18.3 Å². The molecule has 1 heterocycles. The highest BCUT2D eigenvalue weighted by Gasteiger charge is 2.32. The summed E-state index contributed by atoms with van der Waals surface area (Å²) >= 11 is 0. The summed E-state index contributed by atoms with van der Waals surface area (Å²) in [4.78, 5) is 0.0642. The largest absolute Gasteiger partial charge is 0.495 e. The third kappa shape index (κ3) is 3.87. The van der Waals surface area contributed by atoms with Gasteiger partial charge >= 0.3 is 0 Å². The number of sulfonamides is 1. The van der Waals surface area contributed by atoms with Crippen LogP contribution >= 0.6 is 0 Å². The first-order valence-electron chi connectivity index (χ1n) is 6.83. The van der Waals surface area contributed by atoms with Crippen molar-refractivity contribution in [3.05, 3.63) is 18.2 Å². The van der Waals surface area contributed by atoms with E-state index in [4.69, 9.17) is 15.2 Å². The Kier molecular flexibility index (Phi) is 4.46. The summed E-state index contributed by atoms with van der Waals surface area (Å²) in [7, 11) is -2.25. The lowest BCUT2D eigenvalue weighted by molar-refractivity contribution is -0.0599. The maximum Gasteiger partial charge on any atom is 0.244 e. The molecule has 2 rings (SSSR count). The molecule has 1 aliphatic heterocycles. The van der Waals surface area contributed by atoms with Crippen LogP contribution < -0.4 is 15.2 Å². The molecule has 0 aromatic heterocycles. The molecule has 21 heavy (non-hydrogen) atoms. The van der Waals surface area contributed by atoms with E-state index in [-0.39, 0.29) is 22.3 Å². The molecule has 0 radical (unpaired) electrons. The molecule has 0 saturated carbocycles. The van der Waals surface area contributed by atoms with Gasteiger partial charge in [-0.15, -0.1) is 0 Å². The van der Waals surface area contributed by atoms with E-state index >= 15 is 0 Å². The second-order valence-electron chi connectivity index (χ2n) is 5.83. The van der Waals surface area contributed by atoms with Crippen molar-refractivity contribution in [2.45, 2.75) is 43.2 Å². The molecule has 118 valence electrons. The van der Waals surface area contributed by atoms with Gasteiger partial charge in [0.05, 0.1) is 12.7 Å². The van der Waals surface area contributed by atoms with Crippen LogP contribution in [0.5, 0.6) is 5.75 Å². The summed E-state index contributed by atoms with van der Waals surface area (Å²) in [6.07, 6.45) is 1.27. The number of hydrogen-bond donors (Lipinski definition) is 2. The monoisotopic (exact) mass is 314 g/mol. The minimum Gasteiger partial charge on any atom is -0.495 e. The van der Waals surface area contributed by atoms with Crippen molar-refractivity contribution in [2.24, 2.45) is 0 Å². The molecule has 0 amide bonds. The Morgan fingerprint density at radius 2 is 2.14 bits per heavy atom. The first-order valence-corrected chi connectivity index (χ1v) is 8.32. The van der Waals surface area contributed by atoms with Crippen molar-refractivity contribution in [3.63, 3.8) is 0 Å². The van der Waals surface area contributed by atoms with Crippen molar-refractivity contribution in [3.8, 4) is 5.75 Å². The molecule has 7 heteroatoms. The van der Waals surface area contributed by atoms with Crippen LogP contribution in [0.1, 0.15) is 26.7 Å². The van der Waals surface area contributed by atoms with E-state index in [9.17, 15) is 8.42 Å². The van der Waals surface area contributed by atoms with Crippen LogP contribution in [0.4, 0.5) is 5.69 Å². The Labute approximate surface area is 125 Å². The quantitative estimate of drug-likeness (QED) is 0.822. The Bertz CT molecular complexity index is 613. The average molecular weight is 314 g/mol. The molecule has 1 unspecified atom stereocenters. The van der Waals surface area contributed by atoms with Gasteiger partial charge in [-0.25, -0.2) is 13.1 Å². The lowest BCUT2D eigenvalue weighted by Crippen LogP contribution is -2.45. The molecule has 1 saturated heterocycles. The Balaban J connectivity index is 2.24. The topological polar surface area (TPSA) is 90.7 Å². The molecule has 1 atom stereocenters. The van der Waals surface area contributed by atoms with Gasteiger partial charge < -0.3 is 15.2 Å². The molecular weight excluding hydrogens is 292 g/mol. The lowest BCUT2D eigenvalue weighted by atomic mass is 9.95. The fourth-order valence-corrected chi connectivity index (χ4v) is 3.99. The van der Waals surface area contributed by atoms with Gasteiger partial charge in [0.1, 0.15) is 10.6 Å². The fraction of sp³-hybridized carbons (Fsp3) is 0.571. The molecule has 6 nitrogen and oxygen atoms in total. The van der Waals surface area contributed by atoms with E-state index in [1.54, 1.807) is 12.1 Å². The summed E-state index contributed by atoms with van der Waals surface area (Å²) in [6.45, 7) is 4.44. The summed E-state index contributed by atoms with van der Waals surface area (Å²) < 4.78 is 38.6. The molecule has 3 N–H and O–H groups in total. The number of benzene rings is 1. The predicted molar refractivity (Wildman–Crippen MR) is 80.8 cm³/mol. The molecule has 1 aromatic rings. The Morgan fingerprint density at radius 3 is 2.76 bits per heavy atom. The second kappa shape index (κ2) is 5.82. The molecule has 0 spiro atoms. The van der Waals surface area contributed by atoms with E-state index in [1.807, 2.05) is 13.8 Å². The first kappa shape index (κ1) is 16.1. The van der Waals surface area contributed by atoms with E-state index < -0.39 is 10.0 Å². The molecule has 1 aliphatic rings. The van der Waals surface area contributed by atoms with Crippen molar-refractivity contribution in [1.82, 2.24) is 4.72 Å². The van der Waals surface area contributed by atoms with Gasteiger partial charge in [0.2, 0.25) is 10.0 Å². The third-order valence-corrected chi connectivity index (χ3v) is 5.04. The Hall–Kier alpha value is -1.31. The molecule has 1 fully saturated rings. The SMILES string of the molecule is COc1ccc(N)cc1S(=O)(=O)NC1CCOC(C)(C)C1. The minimum atomic E-state index is -3.69. The molecule has 1 aromatic carbocycles. The highest BCUT2D eigenvalue weighted by molar-refractivity contribution is 7.89. The third-order valence-electron chi connectivity index (χ3n) is 3.50.